The number of nitrogens with one attached hydrogen (secondary N) is 1. The van der Waals surface area contributed by atoms with E-state index in [-0.39, 0.29) is 5.56 Å². The molecule has 4 heteroatoms. The highest BCUT2D eigenvalue weighted by Crippen LogP contribution is 2.23. The predicted molar refractivity (Wildman–Crippen MR) is 81.1 cm³/mol. The molecule has 0 saturated carbocycles. The molecule has 0 saturated heterocycles. The monoisotopic (exact) mass is 270 g/mol. The third kappa shape index (κ3) is 3.51. The number of carboxylic acids is 1. The van der Waals surface area contributed by atoms with Crippen LogP contribution in [0.25, 0.3) is 0 Å². The molecule has 0 spiro atoms. The van der Waals surface area contributed by atoms with Crippen LogP contribution in [-0.4, -0.2) is 17.6 Å². The topological polar surface area (TPSA) is 75.4 Å². The minimum Gasteiger partial charge on any atom is -0.478 e. The first-order valence-electron chi connectivity index (χ1n) is 6.58. The molecule has 0 fully saturated rings. The van der Waals surface area contributed by atoms with E-state index in [0.717, 1.165) is 12.8 Å². The number of nitrogens with two attached hydrogens (primary N) is 1. The van der Waals surface area contributed by atoms with E-state index in [1.54, 1.807) is 18.2 Å². The van der Waals surface area contributed by atoms with Crippen molar-refractivity contribution in [2.24, 2.45) is 0 Å². The maximum Gasteiger partial charge on any atom is 0.337 e. The van der Waals surface area contributed by atoms with Crippen LogP contribution in [0.15, 0.2) is 48.5 Å². The molecular weight excluding hydrogens is 252 g/mol. The van der Waals surface area contributed by atoms with Gasteiger partial charge >= 0.3 is 5.97 Å². The zero-order valence-electron chi connectivity index (χ0n) is 11.2. The number of hydrogen-bond acceptors (Lipinski definition) is 3. The number of hydrogen-bond donors (Lipinski definition) is 3. The standard InChI is InChI=1S/C16H18N2O2/c17-14-10-4-9-13(16(19)20)15(14)18-11-5-8-12-6-2-1-3-7-12/h1-4,6-7,9-10,18H,5,8,11,17H2,(H,19,20). The van der Waals surface area contributed by atoms with E-state index < -0.39 is 5.97 Å². The van der Waals surface area contributed by atoms with E-state index in [0.29, 0.717) is 17.9 Å². The maximum absolute atomic E-state index is 11.1. The van der Waals surface area contributed by atoms with Crippen LogP contribution >= 0.6 is 0 Å². The summed E-state index contributed by atoms with van der Waals surface area (Å²) in [6.45, 7) is 0.684. The highest BCUT2D eigenvalue weighted by atomic mass is 16.4. The molecule has 2 aromatic carbocycles. The number of carbonyl (C=O) groups is 1. The minimum absolute atomic E-state index is 0.213. The predicted octanol–water partition coefficient (Wildman–Crippen LogP) is 3.01. The molecule has 0 atom stereocenters. The third-order valence-corrected chi connectivity index (χ3v) is 3.11. The van der Waals surface area contributed by atoms with E-state index in [1.165, 1.54) is 5.56 Å². The van der Waals surface area contributed by atoms with Crippen LogP contribution in [0, 0.1) is 0 Å². The summed E-state index contributed by atoms with van der Waals surface area (Å²) in [6.07, 6.45) is 1.86. The summed E-state index contributed by atoms with van der Waals surface area (Å²) in [5.74, 6) is -0.970. The SMILES string of the molecule is Nc1cccc(C(=O)O)c1NCCCc1ccccc1. The second kappa shape index (κ2) is 6.61. The summed E-state index contributed by atoms with van der Waals surface area (Å²) in [5, 5.41) is 12.3. The van der Waals surface area contributed by atoms with Crippen LogP contribution in [0.4, 0.5) is 11.4 Å². The van der Waals surface area contributed by atoms with Crippen LogP contribution in [0.2, 0.25) is 0 Å². The van der Waals surface area contributed by atoms with Crippen molar-refractivity contribution in [3.05, 3.63) is 59.7 Å². The van der Waals surface area contributed by atoms with Gasteiger partial charge < -0.3 is 16.2 Å². The number of aromatic carboxylic acids is 1. The summed E-state index contributed by atoms with van der Waals surface area (Å²) in [6, 6.07) is 15.1. The van der Waals surface area contributed by atoms with E-state index in [1.807, 2.05) is 18.2 Å². The van der Waals surface area contributed by atoms with Crippen molar-refractivity contribution >= 4 is 17.3 Å². The number of para-hydroxylation sites is 1. The molecule has 0 unspecified atom stereocenters. The quantitative estimate of drug-likeness (QED) is 0.557. The van der Waals surface area contributed by atoms with Crippen molar-refractivity contribution in [3.8, 4) is 0 Å². The smallest absolute Gasteiger partial charge is 0.337 e. The second-order valence-electron chi connectivity index (χ2n) is 4.59. The number of nitrogen functional groups attached to an aromatic ring is 1. The molecule has 0 heterocycles. The molecule has 0 aliphatic rings. The Morgan fingerprint density at radius 2 is 1.85 bits per heavy atom. The Morgan fingerprint density at radius 1 is 1.10 bits per heavy atom. The van der Waals surface area contributed by atoms with Crippen LogP contribution < -0.4 is 11.1 Å². The minimum atomic E-state index is -0.970. The van der Waals surface area contributed by atoms with Gasteiger partial charge in [-0.25, -0.2) is 4.79 Å². The molecule has 2 rings (SSSR count). The van der Waals surface area contributed by atoms with E-state index in [2.05, 4.69) is 17.4 Å². The molecule has 4 nitrogen and oxygen atoms in total. The fourth-order valence-electron chi connectivity index (χ4n) is 2.10. The van der Waals surface area contributed by atoms with E-state index >= 15 is 0 Å². The number of rotatable bonds is 6. The fraction of sp³-hybridized carbons (Fsp3) is 0.188. The normalized spacial score (nSPS) is 10.2. The number of anilines is 2. The van der Waals surface area contributed by atoms with Gasteiger partial charge in [0, 0.05) is 6.54 Å². The molecule has 2 aromatic rings. The maximum atomic E-state index is 11.1. The molecule has 20 heavy (non-hydrogen) atoms. The first-order valence-corrected chi connectivity index (χ1v) is 6.58. The van der Waals surface area contributed by atoms with Crippen molar-refractivity contribution < 1.29 is 9.90 Å². The summed E-state index contributed by atoms with van der Waals surface area (Å²) >= 11 is 0. The van der Waals surface area contributed by atoms with E-state index in [9.17, 15) is 4.79 Å². The lowest BCUT2D eigenvalue weighted by Crippen LogP contribution is -2.10. The number of aryl methyl sites for hydroxylation is 1. The third-order valence-electron chi connectivity index (χ3n) is 3.11. The van der Waals surface area contributed by atoms with Gasteiger partial charge in [-0.3, -0.25) is 0 Å². The lowest BCUT2D eigenvalue weighted by atomic mass is 10.1. The Hall–Kier alpha value is -2.49. The molecule has 0 aliphatic carbocycles. The van der Waals surface area contributed by atoms with Crippen LogP contribution in [0.1, 0.15) is 22.3 Å². The van der Waals surface area contributed by atoms with Gasteiger partial charge in [0.05, 0.1) is 16.9 Å². The Bertz CT molecular complexity index is 582. The van der Waals surface area contributed by atoms with Crippen molar-refractivity contribution in [2.45, 2.75) is 12.8 Å². The van der Waals surface area contributed by atoms with Crippen molar-refractivity contribution in [1.29, 1.82) is 0 Å². The van der Waals surface area contributed by atoms with Gasteiger partial charge in [-0.1, -0.05) is 36.4 Å². The second-order valence-corrected chi connectivity index (χ2v) is 4.59. The largest absolute Gasteiger partial charge is 0.478 e. The highest BCUT2D eigenvalue weighted by Gasteiger charge is 2.11. The molecule has 0 aliphatic heterocycles. The van der Waals surface area contributed by atoms with E-state index in [4.69, 9.17) is 10.8 Å². The number of carboxylic acid groups (broad SMARTS) is 1. The Morgan fingerprint density at radius 3 is 2.55 bits per heavy atom. The molecule has 0 radical (unpaired) electrons. The molecule has 104 valence electrons. The zero-order valence-corrected chi connectivity index (χ0v) is 11.2. The van der Waals surface area contributed by atoms with Gasteiger partial charge in [0.15, 0.2) is 0 Å². The van der Waals surface area contributed by atoms with Crippen molar-refractivity contribution in [1.82, 2.24) is 0 Å². The van der Waals surface area contributed by atoms with Gasteiger partial charge in [0.1, 0.15) is 0 Å². The molecule has 4 N–H and O–H groups in total. The summed E-state index contributed by atoms with van der Waals surface area (Å²) in [7, 11) is 0. The van der Waals surface area contributed by atoms with Gasteiger partial charge in [-0.2, -0.15) is 0 Å². The average molecular weight is 270 g/mol. The zero-order chi connectivity index (χ0) is 14.4. The number of benzene rings is 2. The Kier molecular flexibility index (Phi) is 4.60. The molecule has 0 amide bonds. The Balaban J connectivity index is 1.93. The van der Waals surface area contributed by atoms with Gasteiger partial charge in [0.2, 0.25) is 0 Å². The molecule has 0 bridgehead atoms. The summed E-state index contributed by atoms with van der Waals surface area (Å²) in [5.41, 5.74) is 8.28. The van der Waals surface area contributed by atoms with Crippen LogP contribution in [0.3, 0.4) is 0 Å². The molecule has 0 aromatic heterocycles. The Labute approximate surface area is 118 Å². The first-order chi connectivity index (χ1) is 9.68. The van der Waals surface area contributed by atoms with Crippen molar-refractivity contribution in [2.75, 3.05) is 17.6 Å². The summed E-state index contributed by atoms with van der Waals surface area (Å²) in [4.78, 5) is 11.1. The fourth-order valence-corrected chi connectivity index (χ4v) is 2.10. The van der Waals surface area contributed by atoms with Gasteiger partial charge in [-0.15, -0.1) is 0 Å². The average Bonchev–Trinajstić information content (AvgIpc) is 2.45. The lowest BCUT2D eigenvalue weighted by molar-refractivity contribution is 0.0698. The first kappa shape index (κ1) is 13.9. The lowest BCUT2D eigenvalue weighted by Gasteiger charge is -2.12. The van der Waals surface area contributed by atoms with Crippen LogP contribution in [0.5, 0.6) is 0 Å². The summed E-state index contributed by atoms with van der Waals surface area (Å²) < 4.78 is 0. The molecular formula is C16H18N2O2. The van der Waals surface area contributed by atoms with Crippen LogP contribution in [-0.2, 0) is 6.42 Å². The van der Waals surface area contributed by atoms with Gasteiger partial charge in [-0.05, 0) is 30.5 Å². The highest BCUT2D eigenvalue weighted by molar-refractivity contribution is 5.97. The van der Waals surface area contributed by atoms with Crippen molar-refractivity contribution in [3.63, 3.8) is 0 Å². The van der Waals surface area contributed by atoms with Gasteiger partial charge in [0.25, 0.3) is 0 Å².